The molecule has 6 nitrogen and oxygen atoms in total. The third-order valence-corrected chi connectivity index (χ3v) is 7.16. The van der Waals surface area contributed by atoms with E-state index in [9.17, 15) is 24.0 Å². The summed E-state index contributed by atoms with van der Waals surface area (Å²) in [5.74, 6) is -2.15. The molecule has 220 valence electrons. The molecule has 0 spiro atoms. The third-order valence-electron chi connectivity index (χ3n) is 7.16. The molecule has 0 aliphatic heterocycles. The maximum absolute atomic E-state index is 12.4. The topological polar surface area (TPSA) is 106 Å². The molecule has 0 fully saturated rings. The Labute approximate surface area is 252 Å². The molecule has 0 heterocycles. The molecule has 4 rings (SSSR count). The number of Topliss-reactive ketones (excluding diaryl/α,β-unsaturated/α-hetero) is 2. The summed E-state index contributed by atoms with van der Waals surface area (Å²) >= 11 is 0. The molecule has 0 saturated carbocycles. The molecule has 0 aromatic heterocycles. The van der Waals surface area contributed by atoms with Gasteiger partial charge in [-0.3, -0.25) is 24.0 Å². The van der Waals surface area contributed by atoms with Crippen LogP contribution in [0.1, 0.15) is 94.8 Å². The number of carboxylic acids is 1. The highest BCUT2D eigenvalue weighted by atomic mass is 16.4. The number of hydrogen-bond donors (Lipinski definition) is 1. The van der Waals surface area contributed by atoms with E-state index >= 15 is 0 Å². The summed E-state index contributed by atoms with van der Waals surface area (Å²) in [6, 6.07) is 32.3. The fourth-order valence-corrected chi connectivity index (χ4v) is 4.55. The van der Waals surface area contributed by atoms with Crippen LogP contribution in [0.15, 0.2) is 109 Å². The fraction of sp³-hybridized carbons (Fsp3) is 0.216. The van der Waals surface area contributed by atoms with Gasteiger partial charge in [-0.2, -0.15) is 0 Å². The van der Waals surface area contributed by atoms with Crippen molar-refractivity contribution in [2.75, 3.05) is 0 Å². The van der Waals surface area contributed by atoms with Crippen molar-refractivity contribution in [2.45, 2.75) is 51.9 Å². The summed E-state index contributed by atoms with van der Waals surface area (Å²) in [5, 5.41) is 8.70. The smallest absolute Gasteiger partial charge is 0.310 e. The van der Waals surface area contributed by atoms with Crippen LogP contribution in [0.25, 0.3) is 0 Å². The maximum Gasteiger partial charge on any atom is 0.310 e. The summed E-state index contributed by atoms with van der Waals surface area (Å²) in [4.78, 5) is 59.3. The molecule has 4 aromatic rings. The second-order valence-electron chi connectivity index (χ2n) is 10.3. The first-order valence-electron chi connectivity index (χ1n) is 14.3. The van der Waals surface area contributed by atoms with E-state index in [-0.39, 0.29) is 29.1 Å². The van der Waals surface area contributed by atoms with E-state index in [1.54, 1.807) is 73.7 Å². The first-order chi connectivity index (χ1) is 20.6. The summed E-state index contributed by atoms with van der Waals surface area (Å²) < 4.78 is 0. The lowest BCUT2D eigenvalue weighted by Gasteiger charge is -2.11. The first-order valence-corrected chi connectivity index (χ1v) is 14.3. The number of carbonyl (C=O) groups excluding carboxylic acids is 4. The van der Waals surface area contributed by atoms with Gasteiger partial charge in [0.05, 0.1) is 0 Å². The monoisotopic (exact) mass is 576 g/mol. The molecule has 0 aliphatic rings. The van der Waals surface area contributed by atoms with Crippen LogP contribution in [-0.2, 0) is 14.4 Å². The zero-order valence-corrected chi connectivity index (χ0v) is 24.7. The summed E-state index contributed by atoms with van der Waals surface area (Å²) in [6.07, 6.45) is 0.919. The largest absolute Gasteiger partial charge is 0.481 e. The number of rotatable bonds is 12. The fourth-order valence-electron chi connectivity index (χ4n) is 4.55. The summed E-state index contributed by atoms with van der Waals surface area (Å²) in [5.41, 5.74) is 3.92. The minimum atomic E-state index is -1.15. The van der Waals surface area contributed by atoms with Gasteiger partial charge in [0.1, 0.15) is 12.2 Å². The van der Waals surface area contributed by atoms with Crippen LogP contribution in [0.2, 0.25) is 0 Å². The Bertz CT molecular complexity index is 1570. The average molecular weight is 577 g/mol. The van der Waals surface area contributed by atoms with Gasteiger partial charge in [-0.25, -0.2) is 0 Å². The van der Waals surface area contributed by atoms with Crippen LogP contribution in [0.4, 0.5) is 0 Å². The van der Waals surface area contributed by atoms with Crippen LogP contribution in [0.3, 0.4) is 0 Å². The van der Waals surface area contributed by atoms with Gasteiger partial charge in [-0.1, -0.05) is 118 Å². The van der Waals surface area contributed by atoms with Crippen molar-refractivity contribution in [3.8, 4) is 0 Å². The molecular formula is C37H36O6. The zero-order chi connectivity index (χ0) is 31.4. The molecule has 6 heteroatoms. The maximum atomic E-state index is 12.4. The Morgan fingerprint density at radius 3 is 1.35 bits per heavy atom. The van der Waals surface area contributed by atoms with Crippen LogP contribution < -0.4 is 0 Å². The number of carbonyl (C=O) groups is 5. The lowest BCUT2D eigenvalue weighted by atomic mass is 9.91. The van der Waals surface area contributed by atoms with E-state index in [1.807, 2.05) is 56.3 Å². The molecule has 0 amide bonds. The molecule has 2 atom stereocenters. The lowest BCUT2D eigenvalue weighted by molar-refractivity contribution is -0.140. The second kappa shape index (κ2) is 15.9. The minimum absolute atomic E-state index is 0.00686. The molecule has 43 heavy (non-hydrogen) atoms. The molecule has 0 saturated heterocycles. The van der Waals surface area contributed by atoms with Gasteiger partial charge in [0.25, 0.3) is 0 Å². The van der Waals surface area contributed by atoms with Crippen molar-refractivity contribution in [3.63, 3.8) is 0 Å². The van der Waals surface area contributed by atoms with Gasteiger partial charge in [0.2, 0.25) is 0 Å². The van der Waals surface area contributed by atoms with Gasteiger partial charge in [0, 0.05) is 40.5 Å². The number of carboxylic acid groups (broad SMARTS) is 1. The van der Waals surface area contributed by atoms with Gasteiger partial charge >= 0.3 is 5.97 Å². The van der Waals surface area contributed by atoms with Gasteiger partial charge < -0.3 is 5.11 Å². The number of hydrogen-bond acceptors (Lipinski definition) is 5. The average Bonchev–Trinajstić information content (AvgIpc) is 3.04. The Morgan fingerprint density at radius 1 is 0.558 bits per heavy atom. The Kier molecular flexibility index (Phi) is 12.0. The highest BCUT2D eigenvalue weighted by molar-refractivity contribution is 6.10. The predicted molar refractivity (Wildman–Crippen MR) is 167 cm³/mol. The SMILES string of the molecule is CCCC(=O)[C@@H](C)c1cccc(C(=O)c2ccccc2)c1.C[C@H](C(=O)CC(=O)O)c1cccc(C(=O)c2ccccc2)c1. The van der Waals surface area contributed by atoms with Crippen LogP contribution in [0, 0.1) is 0 Å². The van der Waals surface area contributed by atoms with E-state index in [0.717, 1.165) is 12.0 Å². The van der Waals surface area contributed by atoms with E-state index < -0.39 is 18.3 Å². The molecule has 0 aliphatic carbocycles. The Balaban J connectivity index is 0.000000236. The van der Waals surface area contributed by atoms with E-state index in [1.165, 1.54) is 0 Å². The van der Waals surface area contributed by atoms with Crippen LogP contribution in [0.5, 0.6) is 0 Å². The summed E-state index contributed by atoms with van der Waals surface area (Å²) in [6.45, 7) is 5.56. The normalized spacial score (nSPS) is 11.8. The highest BCUT2D eigenvalue weighted by Crippen LogP contribution is 2.22. The second-order valence-corrected chi connectivity index (χ2v) is 10.3. The number of benzene rings is 4. The molecule has 0 unspecified atom stereocenters. The van der Waals surface area contributed by atoms with Crippen molar-refractivity contribution in [1.29, 1.82) is 0 Å². The summed E-state index contributed by atoms with van der Waals surface area (Å²) in [7, 11) is 0. The highest BCUT2D eigenvalue weighted by Gasteiger charge is 2.20. The van der Waals surface area contributed by atoms with Crippen LogP contribution in [-0.4, -0.2) is 34.2 Å². The molecule has 0 radical (unpaired) electrons. The minimum Gasteiger partial charge on any atom is -0.481 e. The molecule has 1 N–H and O–H groups in total. The third kappa shape index (κ3) is 9.27. The van der Waals surface area contributed by atoms with Crippen molar-refractivity contribution in [3.05, 3.63) is 143 Å². The molecule has 0 bridgehead atoms. The van der Waals surface area contributed by atoms with Gasteiger partial charge in [0.15, 0.2) is 17.3 Å². The Hall–Kier alpha value is -4.97. The molecule has 4 aromatic carbocycles. The van der Waals surface area contributed by atoms with E-state index in [4.69, 9.17) is 5.11 Å². The van der Waals surface area contributed by atoms with Crippen LogP contribution >= 0.6 is 0 Å². The number of aliphatic carboxylic acids is 1. The quantitative estimate of drug-likeness (QED) is 0.139. The Morgan fingerprint density at radius 2 is 0.953 bits per heavy atom. The lowest BCUT2D eigenvalue weighted by Crippen LogP contribution is -2.14. The molecular weight excluding hydrogens is 540 g/mol. The standard InChI is InChI=1S/C19H20O2.C18H16O4/c1-3-8-18(20)14(2)16-11-7-12-17(13-16)19(21)15-9-5-4-6-10-15;1-12(16(19)11-17(20)21)14-8-5-9-15(10-14)18(22)13-6-3-2-4-7-13/h4-7,9-14H,3,8H2,1-2H3;2-10,12H,11H2,1H3,(H,20,21)/t14-;12-/m00/s1. The van der Waals surface area contributed by atoms with E-state index in [2.05, 4.69) is 0 Å². The van der Waals surface area contributed by atoms with Gasteiger partial charge in [-0.15, -0.1) is 0 Å². The predicted octanol–water partition coefficient (Wildman–Crippen LogP) is 7.46. The van der Waals surface area contributed by atoms with Crippen molar-refractivity contribution in [2.24, 2.45) is 0 Å². The van der Waals surface area contributed by atoms with E-state index in [0.29, 0.717) is 34.2 Å². The van der Waals surface area contributed by atoms with Gasteiger partial charge in [-0.05, 0) is 29.7 Å². The number of ketones is 4. The van der Waals surface area contributed by atoms with Crippen molar-refractivity contribution < 1.29 is 29.1 Å². The first kappa shape index (κ1) is 32.5. The van der Waals surface area contributed by atoms with Crippen molar-refractivity contribution in [1.82, 2.24) is 0 Å². The van der Waals surface area contributed by atoms with Crippen molar-refractivity contribution >= 4 is 29.1 Å². The zero-order valence-electron chi connectivity index (χ0n) is 24.7.